The lowest BCUT2D eigenvalue weighted by Gasteiger charge is -2.22. The van der Waals surface area contributed by atoms with Gasteiger partial charge in [0.1, 0.15) is 18.2 Å². The average Bonchev–Trinajstić information content (AvgIpc) is 2.58. The number of amides is 1. The molecule has 0 fully saturated rings. The van der Waals surface area contributed by atoms with Crippen LogP contribution in [0.3, 0.4) is 0 Å². The van der Waals surface area contributed by atoms with Crippen LogP contribution in [-0.4, -0.2) is 24.0 Å². The molecule has 2 aromatic rings. The van der Waals surface area contributed by atoms with E-state index in [0.29, 0.717) is 18.9 Å². The van der Waals surface area contributed by atoms with Crippen molar-refractivity contribution in [3.8, 4) is 5.75 Å². The Labute approximate surface area is 141 Å². The molecule has 0 heterocycles. The van der Waals surface area contributed by atoms with Gasteiger partial charge < -0.3 is 10.5 Å². The number of halogens is 1. The molecule has 0 saturated carbocycles. The molecular weight excluding hydrogens is 309 g/mol. The van der Waals surface area contributed by atoms with Gasteiger partial charge >= 0.3 is 0 Å². The molecule has 24 heavy (non-hydrogen) atoms. The van der Waals surface area contributed by atoms with E-state index in [1.54, 1.807) is 25.0 Å². The highest BCUT2D eigenvalue weighted by molar-refractivity contribution is 5.79. The van der Waals surface area contributed by atoms with E-state index in [2.05, 4.69) is 5.43 Å². The van der Waals surface area contributed by atoms with Gasteiger partial charge in [0.2, 0.25) is 5.91 Å². The van der Waals surface area contributed by atoms with Gasteiger partial charge in [-0.3, -0.25) is 10.2 Å². The van der Waals surface area contributed by atoms with Crippen LogP contribution in [0, 0.1) is 5.82 Å². The Kier molecular flexibility index (Phi) is 6.28. The molecule has 6 heteroatoms. The van der Waals surface area contributed by atoms with Gasteiger partial charge in [-0.2, -0.15) is 0 Å². The summed E-state index contributed by atoms with van der Waals surface area (Å²) in [5.41, 5.74) is 10.2. The van der Waals surface area contributed by atoms with Crippen LogP contribution in [-0.2, 0) is 17.9 Å². The van der Waals surface area contributed by atoms with E-state index in [4.69, 9.17) is 10.5 Å². The largest absolute Gasteiger partial charge is 0.489 e. The third kappa shape index (κ3) is 5.33. The van der Waals surface area contributed by atoms with E-state index in [1.807, 2.05) is 30.3 Å². The summed E-state index contributed by atoms with van der Waals surface area (Å²) in [6, 6.07) is 13.5. The molecule has 0 aliphatic carbocycles. The summed E-state index contributed by atoms with van der Waals surface area (Å²) in [7, 11) is 1.77. The smallest absolute Gasteiger partial charge is 0.235 e. The first-order valence-corrected chi connectivity index (χ1v) is 7.67. The summed E-state index contributed by atoms with van der Waals surface area (Å²) in [5, 5.41) is 1.68. The summed E-state index contributed by atoms with van der Waals surface area (Å²) in [4.78, 5) is 11.1. The van der Waals surface area contributed by atoms with Crippen molar-refractivity contribution < 1.29 is 13.9 Å². The van der Waals surface area contributed by atoms with Crippen LogP contribution in [0.4, 0.5) is 4.39 Å². The summed E-state index contributed by atoms with van der Waals surface area (Å²) < 4.78 is 18.7. The quantitative estimate of drug-likeness (QED) is 0.728. The highest BCUT2D eigenvalue weighted by Gasteiger charge is 2.13. The number of nitrogens with zero attached hydrogens (tertiary/aromatic N) is 1. The lowest BCUT2D eigenvalue weighted by Crippen LogP contribution is -2.47. The van der Waals surface area contributed by atoms with E-state index in [1.165, 1.54) is 12.1 Å². The highest BCUT2D eigenvalue weighted by Crippen LogP contribution is 2.15. The van der Waals surface area contributed by atoms with Gasteiger partial charge in [-0.05, 0) is 42.3 Å². The molecule has 0 aliphatic rings. The van der Waals surface area contributed by atoms with E-state index in [0.717, 1.165) is 11.1 Å². The van der Waals surface area contributed by atoms with Gasteiger partial charge in [0.05, 0.1) is 6.04 Å². The third-order valence-corrected chi connectivity index (χ3v) is 3.74. The Morgan fingerprint density at radius 1 is 1.25 bits per heavy atom. The second kappa shape index (κ2) is 8.42. The van der Waals surface area contributed by atoms with E-state index >= 15 is 0 Å². The molecule has 128 valence electrons. The molecule has 1 amide bonds. The first-order chi connectivity index (χ1) is 11.5. The minimum atomic E-state index is -0.390. The minimum Gasteiger partial charge on any atom is -0.489 e. The molecule has 1 unspecified atom stereocenters. The van der Waals surface area contributed by atoms with Crippen LogP contribution in [0.5, 0.6) is 5.75 Å². The fraction of sp³-hybridized carbons (Fsp3) is 0.278. The van der Waals surface area contributed by atoms with Gasteiger partial charge in [-0.25, -0.2) is 9.40 Å². The van der Waals surface area contributed by atoms with Crippen molar-refractivity contribution in [3.05, 3.63) is 65.5 Å². The average molecular weight is 331 g/mol. The number of rotatable bonds is 8. The fourth-order valence-electron chi connectivity index (χ4n) is 2.04. The van der Waals surface area contributed by atoms with E-state index in [9.17, 15) is 9.18 Å². The number of carbonyl (C=O) groups is 1. The molecule has 0 radical (unpaired) electrons. The van der Waals surface area contributed by atoms with Gasteiger partial charge in [0, 0.05) is 13.6 Å². The number of nitrogens with one attached hydrogen (secondary N) is 1. The monoisotopic (exact) mass is 331 g/mol. The second-order valence-electron chi connectivity index (χ2n) is 5.59. The predicted octanol–water partition coefficient (Wildman–Crippen LogP) is 2.21. The normalized spacial score (nSPS) is 12.2. The Balaban J connectivity index is 1.83. The Hall–Kier alpha value is -2.44. The van der Waals surface area contributed by atoms with E-state index < -0.39 is 0 Å². The summed E-state index contributed by atoms with van der Waals surface area (Å²) in [6.07, 6.45) is 0. The molecule has 5 nitrogen and oxygen atoms in total. The van der Waals surface area contributed by atoms with Crippen LogP contribution in [0.2, 0.25) is 0 Å². The number of benzene rings is 2. The Morgan fingerprint density at radius 3 is 2.58 bits per heavy atom. The van der Waals surface area contributed by atoms with Crippen molar-refractivity contribution >= 4 is 5.91 Å². The van der Waals surface area contributed by atoms with Gasteiger partial charge in [-0.15, -0.1) is 0 Å². The van der Waals surface area contributed by atoms with Crippen LogP contribution in [0.1, 0.15) is 18.1 Å². The van der Waals surface area contributed by atoms with Crippen LogP contribution in [0.25, 0.3) is 0 Å². The van der Waals surface area contributed by atoms with Gasteiger partial charge in [0.25, 0.3) is 0 Å². The molecule has 3 N–H and O–H groups in total. The zero-order chi connectivity index (χ0) is 17.5. The van der Waals surface area contributed by atoms with E-state index in [-0.39, 0.29) is 17.8 Å². The zero-order valence-corrected chi connectivity index (χ0v) is 13.8. The van der Waals surface area contributed by atoms with Crippen molar-refractivity contribution in [2.24, 2.45) is 5.73 Å². The maximum atomic E-state index is 13.1. The second-order valence-corrected chi connectivity index (χ2v) is 5.59. The first kappa shape index (κ1) is 17.9. The maximum Gasteiger partial charge on any atom is 0.235 e. The Bertz CT molecular complexity index is 676. The standard InChI is InChI=1S/C18H22FN3O2/c1-13(18(20)23)22(2)21-11-14-6-8-17(9-7-14)24-12-15-4-3-5-16(19)10-15/h3-10,13,21H,11-12H2,1-2H3,(H2,20,23). The molecule has 1 atom stereocenters. The zero-order valence-electron chi connectivity index (χ0n) is 13.8. The molecule has 2 aromatic carbocycles. The predicted molar refractivity (Wildman–Crippen MR) is 90.4 cm³/mol. The number of likely N-dealkylation sites (N-methyl/N-ethyl adjacent to an activating group) is 1. The first-order valence-electron chi connectivity index (χ1n) is 7.67. The molecule has 0 aromatic heterocycles. The lowest BCUT2D eigenvalue weighted by atomic mass is 10.2. The fourth-order valence-corrected chi connectivity index (χ4v) is 2.04. The van der Waals surface area contributed by atoms with Crippen LogP contribution < -0.4 is 15.9 Å². The number of hydrogen-bond donors (Lipinski definition) is 2. The number of nitrogens with two attached hydrogens (primary N) is 1. The third-order valence-electron chi connectivity index (χ3n) is 3.74. The van der Waals surface area contributed by atoms with Crippen molar-refractivity contribution in [1.29, 1.82) is 0 Å². The maximum absolute atomic E-state index is 13.1. The Morgan fingerprint density at radius 2 is 1.96 bits per heavy atom. The van der Waals surface area contributed by atoms with Crippen molar-refractivity contribution in [2.45, 2.75) is 26.1 Å². The number of ether oxygens (including phenoxy) is 1. The number of hydrazine groups is 1. The van der Waals surface area contributed by atoms with Crippen LogP contribution >= 0.6 is 0 Å². The topological polar surface area (TPSA) is 67.6 Å². The molecule has 0 spiro atoms. The molecule has 2 rings (SSSR count). The molecular formula is C18H22FN3O2. The summed E-state index contributed by atoms with van der Waals surface area (Å²) in [5.74, 6) is 0.0554. The minimum absolute atomic E-state index is 0.271. The molecule has 0 bridgehead atoms. The SMILES string of the molecule is CC(C(N)=O)N(C)NCc1ccc(OCc2cccc(F)c2)cc1. The van der Waals surface area contributed by atoms with Gasteiger partial charge in [0.15, 0.2) is 0 Å². The summed E-state index contributed by atoms with van der Waals surface area (Å²) >= 11 is 0. The molecule has 0 saturated heterocycles. The number of primary amides is 1. The number of hydrogen-bond acceptors (Lipinski definition) is 4. The van der Waals surface area contributed by atoms with Crippen molar-refractivity contribution in [2.75, 3.05) is 7.05 Å². The lowest BCUT2D eigenvalue weighted by molar-refractivity contribution is -0.123. The van der Waals surface area contributed by atoms with Crippen molar-refractivity contribution in [3.63, 3.8) is 0 Å². The molecule has 0 aliphatic heterocycles. The van der Waals surface area contributed by atoms with Gasteiger partial charge in [-0.1, -0.05) is 24.3 Å². The van der Waals surface area contributed by atoms with Crippen molar-refractivity contribution in [1.82, 2.24) is 10.4 Å². The highest BCUT2D eigenvalue weighted by atomic mass is 19.1. The number of carbonyl (C=O) groups excluding carboxylic acids is 1. The van der Waals surface area contributed by atoms with Crippen LogP contribution in [0.15, 0.2) is 48.5 Å². The summed E-state index contributed by atoms with van der Waals surface area (Å²) in [6.45, 7) is 2.62.